The van der Waals surface area contributed by atoms with Gasteiger partial charge in [0.05, 0.1) is 12.7 Å². The van der Waals surface area contributed by atoms with Gasteiger partial charge in [0, 0.05) is 16.7 Å². The maximum atomic E-state index is 13.0. The first-order valence-electron chi connectivity index (χ1n) is 3.95. The summed E-state index contributed by atoms with van der Waals surface area (Å²) in [6, 6.07) is 3.62. The van der Waals surface area contributed by atoms with E-state index in [2.05, 4.69) is 0 Å². The van der Waals surface area contributed by atoms with Gasteiger partial charge in [-0.3, -0.25) is 0 Å². The fourth-order valence-electron chi connectivity index (χ4n) is 0.939. The monoisotopic (exact) mass is 202 g/mol. The van der Waals surface area contributed by atoms with Crippen molar-refractivity contribution in [2.75, 3.05) is 12.4 Å². The third-order valence-corrected chi connectivity index (χ3v) is 2.90. The molecule has 2 rings (SSSR count). The average molecular weight is 202 g/mol. The normalized spacial score (nSPS) is 20.3. The van der Waals surface area contributed by atoms with Gasteiger partial charge in [0.1, 0.15) is 11.6 Å². The lowest BCUT2D eigenvalue weighted by Gasteiger charge is -2.00. The van der Waals surface area contributed by atoms with Crippen molar-refractivity contribution in [2.24, 2.45) is 0 Å². The molecule has 0 aromatic heterocycles. The van der Waals surface area contributed by atoms with Crippen molar-refractivity contribution in [1.29, 1.82) is 0 Å². The molecule has 1 aromatic rings. The number of ether oxygens (including phenoxy) is 1. The van der Waals surface area contributed by atoms with Crippen LogP contribution in [0.1, 0.15) is 0 Å². The van der Waals surface area contributed by atoms with Gasteiger partial charge in [0.25, 0.3) is 0 Å². The Hall–Kier alpha value is -0.610. The molecule has 1 unspecified atom stereocenters. The second-order valence-electron chi connectivity index (χ2n) is 2.84. The van der Waals surface area contributed by atoms with Gasteiger partial charge in [-0.05, 0) is 12.1 Å². The predicted octanol–water partition coefficient (Wildman–Crippen LogP) is 2.46. The van der Waals surface area contributed by atoms with E-state index in [0.717, 1.165) is 18.4 Å². The number of hydrogen-bond acceptors (Lipinski definition) is 2. The zero-order chi connectivity index (χ0) is 9.26. The topological polar surface area (TPSA) is 12.5 Å². The van der Waals surface area contributed by atoms with Crippen LogP contribution in [0.15, 0.2) is 23.1 Å². The Bertz CT molecular complexity index is 312. The molecule has 1 aromatic carbocycles. The van der Waals surface area contributed by atoms with Gasteiger partial charge < -0.3 is 4.74 Å². The number of halogens is 2. The molecule has 0 saturated carbocycles. The van der Waals surface area contributed by atoms with E-state index in [1.165, 1.54) is 23.9 Å². The molecule has 1 saturated heterocycles. The van der Waals surface area contributed by atoms with Crippen molar-refractivity contribution < 1.29 is 13.5 Å². The Labute approximate surface area is 79.1 Å². The summed E-state index contributed by atoms with van der Waals surface area (Å²) in [7, 11) is 0. The van der Waals surface area contributed by atoms with Crippen molar-refractivity contribution in [3.8, 4) is 0 Å². The fourth-order valence-corrected chi connectivity index (χ4v) is 1.86. The molecule has 70 valence electrons. The Morgan fingerprint density at radius 3 is 2.85 bits per heavy atom. The highest BCUT2D eigenvalue weighted by molar-refractivity contribution is 7.99. The van der Waals surface area contributed by atoms with Gasteiger partial charge in [-0.1, -0.05) is 0 Å². The van der Waals surface area contributed by atoms with E-state index in [1.807, 2.05) is 0 Å². The Morgan fingerprint density at radius 2 is 2.23 bits per heavy atom. The van der Waals surface area contributed by atoms with Crippen molar-refractivity contribution in [3.05, 3.63) is 29.8 Å². The summed E-state index contributed by atoms with van der Waals surface area (Å²) >= 11 is 1.36. The van der Waals surface area contributed by atoms with Gasteiger partial charge in [0.2, 0.25) is 0 Å². The number of epoxide rings is 1. The summed E-state index contributed by atoms with van der Waals surface area (Å²) in [6.07, 6.45) is 0.259. The van der Waals surface area contributed by atoms with Gasteiger partial charge >= 0.3 is 0 Å². The largest absolute Gasteiger partial charge is 0.372 e. The van der Waals surface area contributed by atoms with Gasteiger partial charge in [0.15, 0.2) is 0 Å². The first kappa shape index (κ1) is 8.97. The lowest BCUT2D eigenvalue weighted by Crippen LogP contribution is -1.91. The predicted molar refractivity (Wildman–Crippen MR) is 46.8 cm³/mol. The summed E-state index contributed by atoms with van der Waals surface area (Å²) in [6.45, 7) is 0.760. The molecule has 0 radical (unpaired) electrons. The minimum Gasteiger partial charge on any atom is -0.372 e. The van der Waals surface area contributed by atoms with Crippen LogP contribution >= 0.6 is 11.8 Å². The van der Waals surface area contributed by atoms with Crippen molar-refractivity contribution in [1.82, 2.24) is 0 Å². The van der Waals surface area contributed by atoms with Crippen LogP contribution in [0.25, 0.3) is 0 Å². The molecule has 1 aliphatic rings. The van der Waals surface area contributed by atoms with Crippen molar-refractivity contribution in [2.45, 2.75) is 11.0 Å². The average Bonchev–Trinajstić information content (AvgIpc) is 2.86. The summed E-state index contributed by atoms with van der Waals surface area (Å²) in [5.74, 6) is -0.294. The standard InChI is InChI=1S/C9H8F2OS/c10-6-1-2-9(8(11)3-6)13-5-7-4-12-7/h1-3,7H,4-5H2. The number of rotatable bonds is 3. The summed E-state index contributed by atoms with van der Waals surface area (Å²) < 4.78 is 30.5. The lowest BCUT2D eigenvalue weighted by atomic mass is 10.3. The number of benzene rings is 1. The molecule has 1 fully saturated rings. The quantitative estimate of drug-likeness (QED) is 0.551. The first-order chi connectivity index (χ1) is 6.25. The molecule has 4 heteroatoms. The van der Waals surface area contributed by atoms with Crippen LogP contribution in [0.4, 0.5) is 8.78 Å². The zero-order valence-electron chi connectivity index (χ0n) is 6.80. The third-order valence-electron chi connectivity index (χ3n) is 1.72. The van der Waals surface area contributed by atoms with E-state index < -0.39 is 11.6 Å². The van der Waals surface area contributed by atoms with E-state index in [4.69, 9.17) is 4.74 Å². The summed E-state index contributed by atoms with van der Waals surface area (Å²) in [5, 5.41) is 0. The lowest BCUT2D eigenvalue weighted by molar-refractivity contribution is 0.426. The van der Waals surface area contributed by atoms with Gasteiger partial charge in [-0.2, -0.15) is 0 Å². The van der Waals surface area contributed by atoms with Crippen LogP contribution in [0, 0.1) is 11.6 Å². The van der Waals surface area contributed by atoms with Gasteiger partial charge in [-0.25, -0.2) is 8.78 Å². The van der Waals surface area contributed by atoms with Crippen LogP contribution in [0.3, 0.4) is 0 Å². The van der Waals surface area contributed by atoms with Crippen LogP contribution < -0.4 is 0 Å². The maximum absolute atomic E-state index is 13.0. The minimum atomic E-state index is -0.537. The van der Waals surface area contributed by atoms with Crippen LogP contribution in [0.2, 0.25) is 0 Å². The van der Waals surface area contributed by atoms with Crippen LogP contribution in [0.5, 0.6) is 0 Å². The van der Waals surface area contributed by atoms with E-state index in [0.29, 0.717) is 4.90 Å². The highest BCUT2D eigenvalue weighted by Gasteiger charge is 2.22. The third kappa shape index (κ3) is 2.42. The summed E-state index contributed by atoms with van der Waals surface area (Å²) in [4.78, 5) is 0.483. The van der Waals surface area contributed by atoms with Crippen molar-refractivity contribution >= 4 is 11.8 Å². The number of thioether (sulfide) groups is 1. The molecule has 0 N–H and O–H groups in total. The molecule has 0 bridgehead atoms. The smallest absolute Gasteiger partial charge is 0.139 e. The van der Waals surface area contributed by atoms with E-state index in [9.17, 15) is 8.78 Å². The fraction of sp³-hybridized carbons (Fsp3) is 0.333. The maximum Gasteiger partial charge on any atom is 0.139 e. The molecule has 0 spiro atoms. The van der Waals surface area contributed by atoms with E-state index >= 15 is 0 Å². The summed E-state index contributed by atoms with van der Waals surface area (Å²) in [5.41, 5.74) is 0. The van der Waals surface area contributed by atoms with Gasteiger partial charge in [-0.15, -0.1) is 11.8 Å². The molecule has 1 atom stereocenters. The Balaban J connectivity index is 2.01. The molecule has 1 aliphatic heterocycles. The molecule has 1 nitrogen and oxygen atoms in total. The molecule has 0 aliphatic carbocycles. The molecular weight excluding hydrogens is 194 g/mol. The second kappa shape index (κ2) is 3.64. The number of hydrogen-bond donors (Lipinski definition) is 0. The molecular formula is C9H8F2OS. The molecule has 1 heterocycles. The highest BCUT2D eigenvalue weighted by atomic mass is 32.2. The molecule has 13 heavy (non-hydrogen) atoms. The first-order valence-corrected chi connectivity index (χ1v) is 4.94. The Kier molecular flexibility index (Phi) is 2.51. The molecule has 0 amide bonds. The SMILES string of the molecule is Fc1ccc(SCC2CO2)c(F)c1. The highest BCUT2D eigenvalue weighted by Crippen LogP contribution is 2.26. The van der Waals surface area contributed by atoms with E-state index in [1.54, 1.807) is 0 Å². The Morgan fingerprint density at radius 1 is 1.46 bits per heavy atom. The van der Waals surface area contributed by atoms with Crippen LogP contribution in [-0.4, -0.2) is 18.5 Å². The van der Waals surface area contributed by atoms with E-state index in [-0.39, 0.29) is 6.10 Å². The van der Waals surface area contributed by atoms with Crippen molar-refractivity contribution in [3.63, 3.8) is 0 Å². The zero-order valence-corrected chi connectivity index (χ0v) is 7.61. The minimum absolute atomic E-state index is 0.259. The van der Waals surface area contributed by atoms with Crippen LogP contribution in [-0.2, 0) is 4.74 Å². The second-order valence-corrected chi connectivity index (χ2v) is 3.90.